The lowest BCUT2D eigenvalue weighted by atomic mass is 9.92. The SMILES string of the molecule is CCCCCCn1cc(-c2c(C)cccc2-c2cccc(C(=O)c3ccccc3)c2)nn1. The number of nitrogens with zero attached hydrogens (tertiary/aromatic N) is 3. The highest BCUT2D eigenvalue weighted by molar-refractivity contribution is 6.09. The van der Waals surface area contributed by atoms with Gasteiger partial charge in [-0.2, -0.15) is 0 Å². The number of benzene rings is 3. The monoisotopic (exact) mass is 423 g/mol. The Morgan fingerprint density at radius 2 is 1.66 bits per heavy atom. The van der Waals surface area contributed by atoms with Crippen LogP contribution in [0.25, 0.3) is 22.4 Å². The number of hydrogen-bond donors (Lipinski definition) is 0. The third-order valence-electron chi connectivity index (χ3n) is 5.78. The van der Waals surface area contributed by atoms with Crippen molar-refractivity contribution in [2.24, 2.45) is 0 Å². The molecule has 1 aromatic heterocycles. The zero-order chi connectivity index (χ0) is 22.3. The van der Waals surface area contributed by atoms with Gasteiger partial charge in [-0.15, -0.1) is 5.10 Å². The zero-order valence-electron chi connectivity index (χ0n) is 18.8. The van der Waals surface area contributed by atoms with Crippen molar-refractivity contribution < 1.29 is 4.79 Å². The van der Waals surface area contributed by atoms with Crippen LogP contribution < -0.4 is 0 Å². The summed E-state index contributed by atoms with van der Waals surface area (Å²) in [6, 6.07) is 23.5. The lowest BCUT2D eigenvalue weighted by molar-refractivity contribution is 0.103. The lowest BCUT2D eigenvalue weighted by Crippen LogP contribution is -2.01. The molecule has 4 rings (SSSR count). The molecule has 0 N–H and O–H groups in total. The van der Waals surface area contributed by atoms with Crippen LogP contribution in [0.2, 0.25) is 0 Å². The van der Waals surface area contributed by atoms with Crippen molar-refractivity contribution in [2.75, 3.05) is 0 Å². The van der Waals surface area contributed by atoms with Crippen molar-refractivity contribution in [3.63, 3.8) is 0 Å². The van der Waals surface area contributed by atoms with Crippen molar-refractivity contribution in [2.45, 2.75) is 46.1 Å². The average Bonchev–Trinajstić information content (AvgIpc) is 3.30. The van der Waals surface area contributed by atoms with Crippen molar-refractivity contribution in [3.8, 4) is 22.4 Å². The molecule has 0 saturated carbocycles. The summed E-state index contributed by atoms with van der Waals surface area (Å²) >= 11 is 0. The fourth-order valence-corrected chi connectivity index (χ4v) is 4.06. The van der Waals surface area contributed by atoms with Gasteiger partial charge in [-0.3, -0.25) is 9.48 Å². The summed E-state index contributed by atoms with van der Waals surface area (Å²) in [5.41, 5.74) is 6.51. The topological polar surface area (TPSA) is 47.8 Å². The molecule has 32 heavy (non-hydrogen) atoms. The molecule has 0 aliphatic rings. The normalized spacial score (nSPS) is 10.9. The van der Waals surface area contributed by atoms with Gasteiger partial charge in [-0.25, -0.2) is 0 Å². The molecule has 0 fully saturated rings. The number of rotatable bonds is 9. The molecule has 4 heteroatoms. The minimum atomic E-state index is 0.0275. The Morgan fingerprint density at radius 1 is 0.875 bits per heavy atom. The number of hydrogen-bond acceptors (Lipinski definition) is 3. The Hall–Kier alpha value is -3.53. The van der Waals surface area contributed by atoms with Crippen molar-refractivity contribution in [1.82, 2.24) is 15.0 Å². The molecule has 0 bridgehead atoms. The molecular weight excluding hydrogens is 394 g/mol. The van der Waals surface area contributed by atoms with E-state index in [0.717, 1.165) is 40.9 Å². The molecule has 0 aliphatic heterocycles. The fraction of sp³-hybridized carbons (Fsp3) is 0.250. The highest BCUT2D eigenvalue weighted by Gasteiger charge is 2.15. The first kappa shape index (κ1) is 21.7. The average molecular weight is 424 g/mol. The summed E-state index contributed by atoms with van der Waals surface area (Å²) in [7, 11) is 0. The Balaban J connectivity index is 1.66. The van der Waals surface area contributed by atoms with E-state index in [1.165, 1.54) is 19.3 Å². The van der Waals surface area contributed by atoms with E-state index in [1.54, 1.807) is 0 Å². The van der Waals surface area contributed by atoms with Crippen LogP contribution >= 0.6 is 0 Å². The predicted molar refractivity (Wildman–Crippen MR) is 130 cm³/mol. The van der Waals surface area contributed by atoms with E-state index in [0.29, 0.717) is 11.1 Å². The molecular formula is C28H29N3O. The molecule has 3 aromatic carbocycles. The molecule has 0 saturated heterocycles. The molecule has 0 atom stereocenters. The molecule has 0 aliphatic carbocycles. The second kappa shape index (κ2) is 10.2. The van der Waals surface area contributed by atoms with Crippen LogP contribution in [0.3, 0.4) is 0 Å². The van der Waals surface area contributed by atoms with Gasteiger partial charge in [0.2, 0.25) is 0 Å². The van der Waals surface area contributed by atoms with Crippen LogP contribution in [0.1, 0.15) is 54.1 Å². The summed E-state index contributed by atoms with van der Waals surface area (Å²) in [6.07, 6.45) is 6.84. The van der Waals surface area contributed by atoms with Gasteiger partial charge < -0.3 is 0 Å². The first-order chi connectivity index (χ1) is 15.7. The third-order valence-corrected chi connectivity index (χ3v) is 5.78. The molecule has 4 aromatic rings. The molecule has 0 unspecified atom stereocenters. The smallest absolute Gasteiger partial charge is 0.193 e. The van der Waals surface area contributed by atoms with Gasteiger partial charge in [-0.1, -0.05) is 98.1 Å². The van der Waals surface area contributed by atoms with Gasteiger partial charge in [0.15, 0.2) is 5.78 Å². The Bertz CT molecular complexity index is 1190. The predicted octanol–water partition coefficient (Wildman–Crippen LogP) is 6.73. The number of ketones is 1. The van der Waals surface area contributed by atoms with Gasteiger partial charge in [-0.05, 0) is 36.1 Å². The number of aromatic nitrogens is 3. The number of unbranched alkanes of at least 4 members (excludes halogenated alkanes) is 3. The number of carbonyl (C=O) groups excluding carboxylic acids is 1. The molecule has 4 nitrogen and oxygen atoms in total. The highest BCUT2D eigenvalue weighted by Crippen LogP contribution is 2.34. The van der Waals surface area contributed by atoms with Gasteiger partial charge in [0.1, 0.15) is 5.69 Å². The van der Waals surface area contributed by atoms with E-state index >= 15 is 0 Å². The number of aryl methyl sites for hydroxylation is 2. The Kier molecular flexibility index (Phi) is 6.90. The Morgan fingerprint density at radius 3 is 2.47 bits per heavy atom. The summed E-state index contributed by atoms with van der Waals surface area (Å²) < 4.78 is 1.94. The van der Waals surface area contributed by atoms with Gasteiger partial charge in [0, 0.05) is 23.2 Å². The van der Waals surface area contributed by atoms with Gasteiger partial charge >= 0.3 is 0 Å². The van der Waals surface area contributed by atoms with E-state index in [9.17, 15) is 4.79 Å². The first-order valence-corrected chi connectivity index (χ1v) is 11.4. The quantitative estimate of drug-likeness (QED) is 0.221. The summed E-state index contributed by atoms with van der Waals surface area (Å²) in [6.45, 7) is 5.20. The Labute approximate surface area is 189 Å². The van der Waals surface area contributed by atoms with Crippen molar-refractivity contribution in [3.05, 3.63) is 95.7 Å². The van der Waals surface area contributed by atoms with Gasteiger partial charge in [0.25, 0.3) is 0 Å². The van der Waals surface area contributed by atoms with Crippen molar-refractivity contribution >= 4 is 5.78 Å². The zero-order valence-corrected chi connectivity index (χ0v) is 18.8. The van der Waals surface area contributed by atoms with E-state index in [-0.39, 0.29) is 5.78 Å². The number of carbonyl (C=O) groups is 1. The summed E-state index contributed by atoms with van der Waals surface area (Å²) in [5.74, 6) is 0.0275. The van der Waals surface area contributed by atoms with Crippen LogP contribution in [0.4, 0.5) is 0 Å². The van der Waals surface area contributed by atoms with E-state index in [2.05, 4.69) is 48.4 Å². The van der Waals surface area contributed by atoms with Crippen LogP contribution in [-0.4, -0.2) is 20.8 Å². The van der Waals surface area contributed by atoms with E-state index in [4.69, 9.17) is 0 Å². The molecule has 0 amide bonds. The van der Waals surface area contributed by atoms with Gasteiger partial charge in [0.05, 0.1) is 6.20 Å². The second-order valence-electron chi connectivity index (χ2n) is 8.20. The van der Waals surface area contributed by atoms with Crippen LogP contribution in [-0.2, 0) is 6.54 Å². The largest absolute Gasteiger partial charge is 0.289 e. The maximum Gasteiger partial charge on any atom is 0.193 e. The maximum atomic E-state index is 13.0. The van der Waals surface area contributed by atoms with Crippen LogP contribution in [0.5, 0.6) is 0 Å². The highest BCUT2D eigenvalue weighted by atomic mass is 16.1. The van der Waals surface area contributed by atoms with E-state index < -0.39 is 0 Å². The van der Waals surface area contributed by atoms with E-state index in [1.807, 2.05) is 59.4 Å². The molecule has 0 spiro atoms. The molecule has 162 valence electrons. The molecule has 0 radical (unpaired) electrons. The lowest BCUT2D eigenvalue weighted by Gasteiger charge is -2.12. The summed E-state index contributed by atoms with van der Waals surface area (Å²) in [4.78, 5) is 13.0. The van der Waals surface area contributed by atoms with Crippen LogP contribution in [0, 0.1) is 6.92 Å². The minimum Gasteiger partial charge on any atom is -0.289 e. The fourth-order valence-electron chi connectivity index (χ4n) is 4.06. The minimum absolute atomic E-state index is 0.0275. The maximum absolute atomic E-state index is 13.0. The second-order valence-corrected chi connectivity index (χ2v) is 8.20. The standard InChI is InChI=1S/C28H29N3O/c1-3-4-5-9-18-31-20-26(29-30-31)27-21(2)12-10-17-25(27)23-15-11-16-24(19-23)28(32)22-13-7-6-8-14-22/h6-8,10-17,19-20H,3-5,9,18H2,1-2H3. The van der Waals surface area contributed by atoms with Crippen LogP contribution in [0.15, 0.2) is 79.0 Å². The summed E-state index contributed by atoms with van der Waals surface area (Å²) in [5, 5.41) is 8.85. The molecule has 1 heterocycles. The third kappa shape index (κ3) is 4.86. The first-order valence-electron chi connectivity index (χ1n) is 11.4. The van der Waals surface area contributed by atoms with Crippen molar-refractivity contribution in [1.29, 1.82) is 0 Å².